The van der Waals surface area contributed by atoms with E-state index in [1.807, 2.05) is 0 Å². The van der Waals surface area contributed by atoms with Crippen LogP contribution in [0.25, 0.3) is 0 Å². The molecule has 0 aromatic heterocycles. The lowest BCUT2D eigenvalue weighted by atomic mass is 9.87. The van der Waals surface area contributed by atoms with Crippen molar-refractivity contribution in [3.05, 3.63) is 57.6 Å². The molecule has 0 amide bonds. The third-order valence-electron chi connectivity index (χ3n) is 4.12. The van der Waals surface area contributed by atoms with E-state index in [0.29, 0.717) is 6.04 Å². The molecular formula is C18H20BrNO. The average Bonchev–Trinajstić information content (AvgIpc) is 2.50. The Kier molecular flexibility index (Phi) is 4.20. The maximum atomic E-state index is 5.38. The fraction of sp³-hybridized carbons (Fsp3) is 0.333. The van der Waals surface area contributed by atoms with E-state index in [1.165, 1.54) is 23.1 Å². The van der Waals surface area contributed by atoms with Crippen LogP contribution in [-0.4, -0.2) is 7.11 Å². The average molecular weight is 346 g/mol. The standard InChI is InChI=1S/C18H20BrNO/c1-12-6-9-18(16(19)10-12)20-17-5-3-4-13-7-8-14(21-2)11-15(13)17/h6-11,17,20H,3-5H2,1-2H3. The summed E-state index contributed by atoms with van der Waals surface area (Å²) in [4.78, 5) is 0. The number of halogens is 1. The Balaban J connectivity index is 1.90. The summed E-state index contributed by atoms with van der Waals surface area (Å²) in [6.07, 6.45) is 3.54. The van der Waals surface area contributed by atoms with Crippen LogP contribution in [0.2, 0.25) is 0 Å². The quantitative estimate of drug-likeness (QED) is 0.819. The molecule has 1 N–H and O–H groups in total. The van der Waals surface area contributed by atoms with Gasteiger partial charge in [0.25, 0.3) is 0 Å². The third-order valence-corrected chi connectivity index (χ3v) is 4.78. The van der Waals surface area contributed by atoms with E-state index in [9.17, 15) is 0 Å². The molecule has 0 radical (unpaired) electrons. The maximum Gasteiger partial charge on any atom is 0.119 e. The van der Waals surface area contributed by atoms with Crippen LogP contribution < -0.4 is 10.1 Å². The van der Waals surface area contributed by atoms with Crippen LogP contribution in [0.3, 0.4) is 0 Å². The first-order valence-electron chi connectivity index (χ1n) is 7.37. The number of aryl methyl sites for hydroxylation is 2. The first-order chi connectivity index (χ1) is 10.2. The summed E-state index contributed by atoms with van der Waals surface area (Å²) in [6, 6.07) is 13.2. The van der Waals surface area contributed by atoms with E-state index in [2.05, 4.69) is 64.6 Å². The molecule has 0 saturated carbocycles. The second-order valence-corrected chi connectivity index (χ2v) is 6.49. The lowest BCUT2D eigenvalue weighted by molar-refractivity contribution is 0.413. The van der Waals surface area contributed by atoms with Crippen LogP contribution in [0.5, 0.6) is 5.75 Å². The van der Waals surface area contributed by atoms with E-state index in [-0.39, 0.29) is 0 Å². The van der Waals surface area contributed by atoms with Crippen molar-refractivity contribution in [2.24, 2.45) is 0 Å². The SMILES string of the molecule is COc1ccc2c(c1)C(Nc1ccc(C)cc1Br)CCC2. The van der Waals surface area contributed by atoms with Gasteiger partial charge >= 0.3 is 0 Å². The summed E-state index contributed by atoms with van der Waals surface area (Å²) in [5.74, 6) is 0.936. The van der Waals surface area contributed by atoms with Crippen molar-refractivity contribution in [3.8, 4) is 5.75 Å². The molecule has 0 spiro atoms. The molecule has 2 aromatic rings. The summed E-state index contributed by atoms with van der Waals surface area (Å²) in [5, 5.41) is 3.68. The molecule has 2 aromatic carbocycles. The zero-order valence-corrected chi connectivity index (χ0v) is 14.0. The molecule has 0 fully saturated rings. The number of rotatable bonds is 3. The molecule has 21 heavy (non-hydrogen) atoms. The second kappa shape index (κ2) is 6.10. The van der Waals surface area contributed by atoms with Gasteiger partial charge < -0.3 is 10.1 Å². The van der Waals surface area contributed by atoms with Crippen molar-refractivity contribution < 1.29 is 4.74 Å². The molecule has 0 heterocycles. The Morgan fingerprint density at radius 1 is 1.19 bits per heavy atom. The van der Waals surface area contributed by atoms with Crippen molar-refractivity contribution in [1.29, 1.82) is 0 Å². The van der Waals surface area contributed by atoms with Gasteiger partial charge in [0, 0.05) is 10.2 Å². The minimum Gasteiger partial charge on any atom is -0.497 e. The molecule has 110 valence electrons. The normalized spacial score (nSPS) is 17.2. The highest BCUT2D eigenvalue weighted by Gasteiger charge is 2.21. The Hall–Kier alpha value is -1.48. The summed E-state index contributed by atoms with van der Waals surface area (Å²) in [6.45, 7) is 2.11. The minimum absolute atomic E-state index is 0.350. The molecule has 1 atom stereocenters. The highest BCUT2D eigenvalue weighted by atomic mass is 79.9. The van der Waals surface area contributed by atoms with E-state index in [0.717, 1.165) is 28.8 Å². The molecule has 0 aliphatic heterocycles. The Labute approximate surface area is 134 Å². The Morgan fingerprint density at radius 2 is 2.05 bits per heavy atom. The van der Waals surface area contributed by atoms with Gasteiger partial charge in [0.2, 0.25) is 0 Å². The largest absolute Gasteiger partial charge is 0.497 e. The number of nitrogens with one attached hydrogen (secondary N) is 1. The topological polar surface area (TPSA) is 21.3 Å². The van der Waals surface area contributed by atoms with Crippen molar-refractivity contribution in [2.45, 2.75) is 32.2 Å². The maximum absolute atomic E-state index is 5.38. The van der Waals surface area contributed by atoms with Gasteiger partial charge in [-0.1, -0.05) is 12.1 Å². The number of ether oxygens (including phenoxy) is 1. The monoisotopic (exact) mass is 345 g/mol. The lowest BCUT2D eigenvalue weighted by Crippen LogP contribution is -2.17. The lowest BCUT2D eigenvalue weighted by Gasteiger charge is -2.28. The van der Waals surface area contributed by atoms with Gasteiger partial charge in [-0.15, -0.1) is 0 Å². The van der Waals surface area contributed by atoms with Gasteiger partial charge in [0.15, 0.2) is 0 Å². The molecule has 0 bridgehead atoms. The first kappa shape index (κ1) is 14.5. The highest BCUT2D eigenvalue weighted by Crippen LogP contribution is 2.36. The number of hydrogen-bond donors (Lipinski definition) is 1. The van der Waals surface area contributed by atoms with Crippen LogP contribution in [0.1, 0.15) is 35.6 Å². The van der Waals surface area contributed by atoms with Crippen molar-refractivity contribution in [3.63, 3.8) is 0 Å². The van der Waals surface area contributed by atoms with Crippen molar-refractivity contribution in [1.82, 2.24) is 0 Å². The van der Waals surface area contributed by atoms with Crippen LogP contribution >= 0.6 is 15.9 Å². The fourth-order valence-electron chi connectivity index (χ4n) is 2.98. The van der Waals surface area contributed by atoms with Crippen LogP contribution in [0.4, 0.5) is 5.69 Å². The fourth-order valence-corrected chi connectivity index (χ4v) is 3.59. The molecule has 0 saturated heterocycles. The molecule has 3 rings (SSSR count). The zero-order valence-electron chi connectivity index (χ0n) is 12.4. The molecule has 3 heteroatoms. The van der Waals surface area contributed by atoms with E-state index >= 15 is 0 Å². The Morgan fingerprint density at radius 3 is 2.81 bits per heavy atom. The summed E-state index contributed by atoms with van der Waals surface area (Å²) < 4.78 is 6.50. The first-order valence-corrected chi connectivity index (χ1v) is 8.16. The van der Waals surface area contributed by atoms with E-state index < -0.39 is 0 Å². The van der Waals surface area contributed by atoms with Crippen molar-refractivity contribution >= 4 is 21.6 Å². The van der Waals surface area contributed by atoms with Gasteiger partial charge in [-0.2, -0.15) is 0 Å². The van der Waals surface area contributed by atoms with Gasteiger partial charge in [-0.05, 0) is 83.1 Å². The zero-order chi connectivity index (χ0) is 14.8. The van der Waals surface area contributed by atoms with E-state index in [1.54, 1.807) is 7.11 Å². The number of anilines is 1. The number of fused-ring (bicyclic) bond motifs is 1. The number of benzene rings is 2. The minimum atomic E-state index is 0.350. The number of hydrogen-bond acceptors (Lipinski definition) is 2. The third kappa shape index (κ3) is 3.08. The molecular weight excluding hydrogens is 326 g/mol. The second-order valence-electron chi connectivity index (χ2n) is 5.64. The highest BCUT2D eigenvalue weighted by molar-refractivity contribution is 9.10. The smallest absolute Gasteiger partial charge is 0.119 e. The number of methoxy groups -OCH3 is 1. The summed E-state index contributed by atoms with van der Waals surface area (Å²) >= 11 is 3.65. The summed E-state index contributed by atoms with van der Waals surface area (Å²) in [5.41, 5.74) is 5.22. The van der Waals surface area contributed by atoms with Crippen LogP contribution in [0.15, 0.2) is 40.9 Å². The summed E-state index contributed by atoms with van der Waals surface area (Å²) in [7, 11) is 1.73. The molecule has 1 unspecified atom stereocenters. The van der Waals surface area contributed by atoms with Crippen LogP contribution in [-0.2, 0) is 6.42 Å². The van der Waals surface area contributed by atoms with Gasteiger partial charge in [-0.3, -0.25) is 0 Å². The molecule has 1 aliphatic rings. The van der Waals surface area contributed by atoms with Gasteiger partial charge in [0.1, 0.15) is 5.75 Å². The van der Waals surface area contributed by atoms with Crippen molar-refractivity contribution in [2.75, 3.05) is 12.4 Å². The Bertz CT molecular complexity index is 654. The molecule has 1 aliphatic carbocycles. The predicted octanol–water partition coefficient (Wildman–Crippen LogP) is 5.26. The molecule has 2 nitrogen and oxygen atoms in total. The van der Waals surface area contributed by atoms with Gasteiger partial charge in [0.05, 0.1) is 13.2 Å². The van der Waals surface area contributed by atoms with Gasteiger partial charge in [-0.25, -0.2) is 0 Å². The van der Waals surface area contributed by atoms with Crippen LogP contribution in [0, 0.1) is 6.92 Å². The van der Waals surface area contributed by atoms with E-state index in [4.69, 9.17) is 4.74 Å². The predicted molar refractivity (Wildman–Crippen MR) is 91.2 cm³/mol.